The van der Waals surface area contributed by atoms with Gasteiger partial charge in [0.2, 0.25) is 0 Å². The van der Waals surface area contributed by atoms with Crippen LogP contribution in [0.1, 0.15) is 16.2 Å². The fourth-order valence-electron chi connectivity index (χ4n) is 2.91. The molecule has 0 fully saturated rings. The second-order valence-corrected chi connectivity index (χ2v) is 6.81. The maximum absolute atomic E-state index is 13.9. The van der Waals surface area contributed by atoms with Crippen molar-refractivity contribution in [1.82, 2.24) is 14.5 Å². The van der Waals surface area contributed by atoms with Crippen LogP contribution in [0.15, 0.2) is 54.7 Å². The predicted octanol–water partition coefficient (Wildman–Crippen LogP) is 4.83. The molecule has 2 aromatic carbocycles. The number of carboxylic acid groups (broad SMARTS) is 1. The molecule has 0 amide bonds. The first kappa shape index (κ1) is 19.7. The van der Waals surface area contributed by atoms with E-state index in [0.717, 1.165) is 11.6 Å². The zero-order valence-corrected chi connectivity index (χ0v) is 16.4. The fraction of sp³-hybridized carbons (Fsp3) is 0.0952. The predicted molar refractivity (Wildman–Crippen MR) is 108 cm³/mol. The molecule has 2 heterocycles. The van der Waals surface area contributed by atoms with E-state index in [0.29, 0.717) is 17.1 Å². The molecule has 0 spiro atoms. The molecule has 0 radical (unpaired) electrons. The van der Waals surface area contributed by atoms with Gasteiger partial charge in [0.1, 0.15) is 29.5 Å². The Kier molecular flexibility index (Phi) is 5.24. The van der Waals surface area contributed by atoms with Crippen LogP contribution < -0.4 is 9.47 Å². The SMILES string of the molecule is Cn1c(COc2ccccc2C(=O)O)nc2ccc(Oc3ncc(Cl)cc3F)cc21. The smallest absolute Gasteiger partial charge is 0.339 e. The summed E-state index contributed by atoms with van der Waals surface area (Å²) in [6, 6.07) is 12.6. The lowest BCUT2D eigenvalue weighted by Gasteiger charge is -2.09. The number of aromatic carboxylic acids is 1. The average Bonchev–Trinajstić information content (AvgIpc) is 3.04. The summed E-state index contributed by atoms with van der Waals surface area (Å²) in [6.45, 7) is 0.0685. The highest BCUT2D eigenvalue weighted by molar-refractivity contribution is 6.30. The molecule has 4 rings (SSSR count). The summed E-state index contributed by atoms with van der Waals surface area (Å²) in [7, 11) is 1.79. The Hall–Kier alpha value is -3.65. The highest BCUT2D eigenvalue weighted by Crippen LogP contribution is 2.28. The molecule has 30 heavy (non-hydrogen) atoms. The van der Waals surface area contributed by atoms with Crippen LogP contribution in [-0.4, -0.2) is 25.6 Å². The molecular weight excluding hydrogens is 413 g/mol. The van der Waals surface area contributed by atoms with Crippen molar-refractivity contribution in [3.05, 3.63) is 77.0 Å². The topological polar surface area (TPSA) is 86.5 Å². The van der Waals surface area contributed by atoms with Crippen LogP contribution in [-0.2, 0) is 13.7 Å². The number of carboxylic acids is 1. The number of imidazole rings is 1. The number of hydrogen-bond acceptors (Lipinski definition) is 5. The standard InChI is InChI=1S/C21H15ClFN3O4/c1-26-17-9-13(30-20-15(23)8-12(22)10-24-20)6-7-16(17)25-19(26)11-29-18-5-3-2-4-14(18)21(27)28/h2-10H,11H2,1H3,(H,27,28). The van der Waals surface area contributed by atoms with Crippen molar-refractivity contribution in [2.75, 3.05) is 0 Å². The normalized spacial score (nSPS) is 10.9. The van der Waals surface area contributed by atoms with Gasteiger partial charge in [0, 0.05) is 19.3 Å². The zero-order chi connectivity index (χ0) is 21.3. The summed E-state index contributed by atoms with van der Waals surface area (Å²) in [6.07, 6.45) is 1.30. The van der Waals surface area contributed by atoms with Gasteiger partial charge >= 0.3 is 5.97 Å². The molecule has 1 N–H and O–H groups in total. The molecule has 0 atom stereocenters. The van der Waals surface area contributed by atoms with E-state index in [4.69, 9.17) is 21.1 Å². The molecule has 9 heteroatoms. The van der Waals surface area contributed by atoms with Crippen molar-refractivity contribution in [3.8, 4) is 17.4 Å². The summed E-state index contributed by atoms with van der Waals surface area (Å²) in [5.41, 5.74) is 1.48. The van der Waals surface area contributed by atoms with Gasteiger partial charge in [-0.1, -0.05) is 23.7 Å². The number of fused-ring (bicyclic) bond motifs is 1. The molecule has 0 saturated carbocycles. The summed E-state index contributed by atoms with van der Waals surface area (Å²) in [4.78, 5) is 19.7. The largest absolute Gasteiger partial charge is 0.485 e. The third-order valence-electron chi connectivity index (χ3n) is 4.41. The van der Waals surface area contributed by atoms with Gasteiger partial charge in [-0.05, 0) is 30.3 Å². The number of aryl methyl sites for hydroxylation is 1. The minimum absolute atomic E-state index is 0.0685. The number of para-hydroxylation sites is 1. The zero-order valence-electron chi connectivity index (χ0n) is 15.7. The number of nitrogens with zero attached hydrogens (tertiary/aromatic N) is 3. The summed E-state index contributed by atoms with van der Waals surface area (Å²) >= 11 is 5.71. The number of pyridine rings is 1. The molecule has 0 aliphatic carbocycles. The van der Waals surface area contributed by atoms with Crippen molar-refractivity contribution in [2.24, 2.45) is 7.05 Å². The van der Waals surface area contributed by atoms with Crippen LogP contribution in [0.5, 0.6) is 17.4 Å². The minimum atomic E-state index is -1.07. The van der Waals surface area contributed by atoms with Crippen LogP contribution in [0, 0.1) is 5.82 Å². The third-order valence-corrected chi connectivity index (χ3v) is 4.61. The first-order valence-electron chi connectivity index (χ1n) is 8.82. The number of benzene rings is 2. The van der Waals surface area contributed by atoms with E-state index in [1.165, 1.54) is 12.3 Å². The van der Waals surface area contributed by atoms with Crippen molar-refractivity contribution in [3.63, 3.8) is 0 Å². The number of rotatable bonds is 6. The molecule has 0 unspecified atom stereocenters. The Balaban J connectivity index is 1.58. The Morgan fingerprint density at radius 1 is 1.23 bits per heavy atom. The van der Waals surface area contributed by atoms with E-state index in [2.05, 4.69) is 9.97 Å². The van der Waals surface area contributed by atoms with E-state index in [1.807, 2.05) is 0 Å². The van der Waals surface area contributed by atoms with Crippen molar-refractivity contribution in [2.45, 2.75) is 6.61 Å². The minimum Gasteiger partial charge on any atom is -0.485 e. The van der Waals surface area contributed by atoms with Crippen LogP contribution in [0.2, 0.25) is 5.02 Å². The molecule has 152 valence electrons. The van der Waals surface area contributed by atoms with Crippen molar-refractivity contribution in [1.29, 1.82) is 0 Å². The lowest BCUT2D eigenvalue weighted by atomic mass is 10.2. The van der Waals surface area contributed by atoms with Crippen LogP contribution in [0.4, 0.5) is 4.39 Å². The van der Waals surface area contributed by atoms with E-state index in [9.17, 15) is 14.3 Å². The van der Waals surface area contributed by atoms with E-state index in [-0.39, 0.29) is 28.8 Å². The number of aromatic nitrogens is 3. The van der Waals surface area contributed by atoms with Crippen LogP contribution in [0.3, 0.4) is 0 Å². The van der Waals surface area contributed by atoms with Crippen molar-refractivity contribution >= 4 is 28.6 Å². The number of hydrogen-bond donors (Lipinski definition) is 1. The van der Waals surface area contributed by atoms with Gasteiger partial charge in [-0.2, -0.15) is 0 Å². The second kappa shape index (κ2) is 8.00. The quantitative estimate of drug-likeness (QED) is 0.474. The highest BCUT2D eigenvalue weighted by atomic mass is 35.5. The molecule has 4 aromatic rings. The van der Waals surface area contributed by atoms with Gasteiger partial charge < -0.3 is 19.1 Å². The van der Waals surface area contributed by atoms with Crippen LogP contribution >= 0.6 is 11.6 Å². The molecule has 0 saturated heterocycles. The third kappa shape index (κ3) is 3.90. The maximum atomic E-state index is 13.9. The van der Waals surface area contributed by atoms with Crippen LogP contribution in [0.25, 0.3) is 11.0 Å². The first-order chi connectivity index (χ1) is 14.4. The fourth-order valence-corrected chi connectivity index (χ4v) is 3.06. The molecule has 2 aromatic heterocycles. The second-order valence-electron chi connectivity index (χ2n) is 6.37. The summed E-state index contributed by atoms with van der Waals surface area (Å²) < 4.78 is 26.9. The van der Waals surface area contributed by atoms with Gasteiger partial charge in [0.05, 0.1) is 16.1 Å². The lowest BCUT2D eigenvalue weighted by Crippen LogP contribution is -2.06. The Morgan fingerprint density at radius 2 is 2.03 bits per heavy atom. The Bertz CT molecular complexity index is 1260. The highest BCUT2D eigenvalue weighted by Gasteiger charge is 2.14. The average molecular weight is 428 g/mol. The molecule has 0 aliphatic rings. The van der Waals surface area contributed by atoms with Gasteiger partial charge in [0.15, 0.2) is 5.82 Å². The molecule has 0 aliphatic heterocycles. The van der Waals surface area contributed by atoms with Gasteiger partial charge in [-0.25, -0.2) is 19.2 Å². The molecule has 0 bridgehead atoms. The maximum Gasteiger partial charge on any atom is 0.339 e. The molecule has 7 nitrogen and oxygen atoms in total. The monoisotopic (exact) mass is 427 g/mol. The number of ether oxygens (including phenoxy) is 2. The first-order valence-corrected chi connectivity index (χ1v) is 9.19. The van der Waals surface area contributed by atoms with E-state index < -0.39 is 11.8 Å². The summed E-state index contributed by atoms with van der Waals surface area (Å²) in [5.74, 6) is -0.708. The Labute approximate surface area is 175 Å². The number of carbonyl (C=O) groups is 1. The molecular formula is C21H15ClFN3O4. The van der Waals surface area contributed by atoms with Gasteiger partial charge in [-0.3, -0.25) is 0 Å². The Morgan fingerprint density at radius 3 is 2.80 bits per heavy atom. The number of halogens is 2. The van der Waals surface area contributed by atoms with E-state index >= 15 is 0 Å². The van der Waals surface area contributed by atoms with Gasteiger partial charge in [-0.15, -0.1) is 0 Å². The summed E-state index contributed by atoms with van der Waals surface area (Å²) in [5, 5.41) is 9.44. The van der Waals surface area contributed by atoms with Crippen molar-refractivity contribution < 1.29 is 23.8 Å². The van der Waals surface area contributed by atoms with E-state index in [1.54, 1.807) is 48.0 Å². The lowest BCUT2D eigenvalue weighted by molar-refractivity contribution is 0.0691. The van der Waals surface area contributed by atoms with Gasteiger partial charge in [0.25, 0.3) is 5.88 Å².